The van der Waals surface area contributed by atoms with Gasteiger partial charge >= 0.3 is 0 Å². The molecule has 0 atom stereocenters. The number of rotatable bonds is 5. The Kier molecular flexibility index (Phi) is 4.91. The van der Waals surface area contributed by atoms with Gasteiger partial charge in [-0.25, -0.2) is 13.1 Å². The molecule has 1 aliphatic heterocycles. The van der Waals surface area contributed by atoms with Crippen molar-refractivity contribution in [1.29, 1.82) is 0 Å². The van der Waals surface area contributed by atoms with Crippen LogP contribution in [0.1, 0.15) is 39.1 Å². The van der Waals surface area contributed by atoms with E-state index in [-0.39, 0.29) is 18.4 Å². The smallest absolute Gasteiger partial charge is 0.225 e. The molecular formula is C14H24N4O3S. The van der Waals surface area contributed by atoms with E-state index in [0.29, 0.717) is 25.3 Å². The van der Waals surface area contributed by atoms with Crippen LogP contribution in [0.25, 0.3) is 0 Å². The lowest BCUT2D eigenvalue weighted by Gasteiger charge is -2.29. The van der Waals surface area contributed by atoms with Gasteiger partial charge in [0, 0.05) is 12.5 Å². The van der Waals surface area contributed by atoms with E-state index in [1.54, 1.807) is 13.8 Å². The van der Waals surface area contributed by atoms with Crippen molar-refractivity contribution in [3.63, 3.8) is 0 Å². The second kappa shape index (κ2) is 6.37. The number of fused-ring (bicyclic) bond motifs is 1. The summed E-state index contributed by atoms with van der Waals surface area (Å²) in [7, 11) is -3.30. The maximum absolute atomic E-state index is 12.1. The average molecular weight is 328 g/mol. The molecule has 1 aliphatic rings. The number of nitrogens with one attached hydrogen (secondary N) is 1. The quantitative estimate of drug-likeness (QED) is 0.863. The number of amides is 1. The van der Waals surface area contributed by atoms with Gasteiger partial charge in [0.05, 0.1) is 36.3 Å². The van der Waals surface area contributed by atoms with E-state index in [2.05, 4.69) is 9.82 Å². The molecule has 1 aromatic heterocycles. The molecule has 0 aromatic carbocycles. The van der Waals surface area contributed by atoms with E-state index in [4.69, 9.17) is 0 Å². The van der Waals surface area contributed by atoms with Gasteiger partial charge in [-0.15, -0.1) is 0 Å². The molecule has 0 saturated carbocycles. The molecule has 8 heteroatoms. The Morgan fingerprint density at radius 1 is 1.32 bits per heavy atom. The van der Waals surface area contributed by atoms with Crippen molar-refractivity contribution < 1.29 is 13.2 Å². The molecule has 0 saturated heterocycles. The largest absolute Gasteiger partial charge is 0.335 e. The van der Waals surface area contributed by atoms with Gasteiger partial charge in [0.15, 0.2) is 0 Å². The van der Waals surface area contributed by atoms with Gasteiger partial charge in [-0.2, -0.15) is 5.10 Å². The van der Waals surface area contributed by atoms with Crippen molar-refractivity contribution >= 4 is 15.9 Å². The van der Waals surface area contributed by atoms with E-state index in [0.717, 1.165) is 5.69 Å². The van der Waals surface area contributed by atoms with Gasteiger partial charge in [-0.3, -0.25) is 9.48 Å². The summed E-state index contributed by atoms with van der Waals surface area (Å²) in [6.45, 7) is 9.04. The lowest BCUT2D eigenvalue weighted by atomic mass is 10.1. The number of hydrogen-bond acceptors (Lipinski definition) is 4. The molecule has 1 aromatic rings. The van der Waals surface area contributed by atoms with Gasteiger partial charge in [0.1, 0.15) is 0 Å². The Morgan fingerprint density at radius 2 is 2.00 bits per heavy atom. The first-order chi connectivity index (χ1) is 10.2. The van der Waals surface area contributed by atoms with E-state index in [1.807, 2.05) is 29.5 Å². The fourth-order valence-corrected chi connectivity index (χ4v) is 2.99. The second-order valence-corrected chi connectivity index (χ2v) is 8.50. The number of sulfonamides is 1. The minimum atomic E-state index is -3.30. The van der Waals surface area contributed by atoms with E-state index >= 15 is 0 Å². The lowest BCUT2D eigenvalue weighted by molar-refractivity contribution is -0.136. The van der Waals surface area contributed by atoms with Gasteiger partial charge in [-0.05, 0) is 19.9 Å². The van der Waals surface area contributed by atoms with Gasteiger partial charge in [0.2, 0.25) is 15.9 Å². The highest BCUT2D eigenvalue weighted by Crippen LogP contribution is 2.16. The highest BCUT2D eigenvalue weighted by molar-refractivity contribution is 7.90. The Bertz CT molecular complexity index is 649. The summed E-state index contributed by atoms with van der Waals surface area (Å²) >= 11 is 0. The van der Waals surface area contributed by atoms with Crippen LogP contribution in [-0.4, -0.2) is 40.8 Å². The minimum absolute atomic E-state index is 0.0215. The Morgan fingerprint density at radius 3 is 2.59 bits per heavy atom. The standard InChI is InChI=1S/C14H24N4O3S/c1-10(2)14(19)17-5-6-18-13(9-17)7-12(16-18)8-15-22(20,21)11(3)4/h7,10-11,15H,5-6,8-9H2,1-4H3. The van der Waals surface area contributed by atoms with Crippen molar-refractivity contribution in [2.75, 3.05) is 6.54 Å². The van der Waals surface area contributed by atoms with Crippen LogP contribution in [0.5, 0.6) is 0 Å². The number of carbonyl (C=O) groups is 1. The number of nitrogens with zero attached hydrogens (tertiary/aromatic N) is 3. The Balaban J connectivity index is 2.04. The van der Waals surface area contributed by atoms with Gasteiger partial charge < -0.3 is 4.90 Å². The molecule has 0 radical (unpaired) electrons. The average Bonchev–Trinajstić information content (AvgIpc) is 2.86. The summed E-state index contributed by atoms with van der Waals surface area (Å²) in [6.07, 6.45) is 0. The van der Waals surface area contributed by atoms with Crippen LogP contribution in [-0.2, 0) is 34.5 Å². The van der Waals surface area contributed by atoms with Crippen LogP contribution in [0.2, 0.25) is 0 Å². The van der Waals surface area contributed by atoms with Crippen LogP contribution >= 0.6 is 0 Å². The maximum atomic E-state index is 12.1. The van der Waals surface area contributed by atoms with E-state index in [1.165, 1.54) is 0 Å². The third kappa shape index (κ3) is 3.67. The lowest BCUT2D eigenvalue weighted by Crippen LogP contribution is -2.40. The van der Waals surface area contributed by atoms with Crippen molar-refractivity contribution in [1.82, 2.24) is 19.4 Å². The van der Waals surface area contributed by atoms with Gasteiger partial charge in [-0.1, -0.05) is 13.8 Å². The summed E-state index contributed by atoms with van der Waals surface area (Å²) in [5.74, 6) is 0.112. The summed E-state index contributed by atoms with van der Waals surface area (Å²) in [5, 5.41) is 3.93. The maximum Gasteiger partial charge on any atom is 0.225 e. The third-order valence-electron chi connectivity index (χ3n) is 3.73. The van der Waals surface area contributed by atoms with E-state index in [9.17, 15) is 13.2 Å². The molecule has 22 heavy (non-hydrogen) atoms. The molecule has 124 valence electrons. The predicted molar refractivity (Wildman–Crippen MR) is 83.4 cm³/mol. The molecule has 2 rings (SSSR count). The Hall–Kier alpha value is -1.41. The highest BCUT2D eigenvalue weighted by Gasteiger charge is 2.24. The zero-order valence-electron chi connectivity index (χ0n) is 13.5. The third-order valence-corrected chi connectivity index (χ3v) is 5.52. The summed E-state index contributed by atoms with van der Waals surface area (Å²) in [6, 6.07) is 1.86. The molecular weight excluding hydrogens is 304 g/mol. The summed E-state index contributed by atoms with van der Waals surface area (Å²) in [5.41, 5.74) is 1.62. The van der Waals surface area contributed by atoms with Crippen LogP contribution in [0.4, 0.5) is 0 Å². The minimum Gasteiger partial charge on any atom is -0.335 e. The first-order valence-electron chi connectivity index (χ1n) is 7.53. The molecule has 0 bridgehead atoms. The first-order valence-corrected chi connectivity index (χ1v) is 9.08. The van der Waals surface area contributed by atoms with Crippen LogP contribution in [0.15, 0.2) is 6.07 Å². The number of aromatic nitrogens is 2. The molecule has 1 N–H and O–H groups in total. The molecule has 0 aliphatic carbocycles. The molecule has 0 unspecified atom stereocenters. The monoisotopic (exact) mass is 328 g/mol. The zero-order chi connectivity index (χ0) is 16.5. The number of hydrogen-bond donors (Lipinski definition) is 1. The fraction of sp³-hybridized carbons (Fsp3) is 0.714. The predicted octanol–water partition coefficient (Wildman–Crippen LogP) is 0.709. The van der Waals surface area contributed by atoms with Gasteiger partial charge in [0.25, 0.3) is 0 Å². The Labute approximate surface area is 131 Å². The zero-order valence-corrected chi connectivity index (χ0v) is 14.4. The highest BCUT2D eigenvalue weighted by atomic mass is 32.2. The van der Waals surface area contributed by atoms with Crippen LogP contribution in [0.3, 0.4) is 0 Å². The van der Waals surface area contributed by atoms with Crippen molar-refractivity contribution in [2.45, 2.75) is 52.6 Å². The fourth-order valence-electron chi connectivity index (χ4n) is 2.31. The topological polar surface area (TPSA) is 84.3 Å². The molecule has 7 nitrogen and oxygen atoms in total. The molecule has 1 amide bonds. The van der Waals surface area contributed by atoms with Crippen molar-refractivity contribution in [3.8, 4) is 0 Å². The van der Waals surface area contributed by atoms with Crippen LogP contribution < -0.4 is 4.72 Å². The van der Waals surface area contributed by atoms with Crippen LogP contribution in [0, 0.1) is 5.92 Å². The SMILES string of the molecule is CC(C)C(=O)N1CCn2nc(CNS(=O)(=O)C(C)C)cc2C1. The molecule has 0 spiro atoms. The molecule has 0 fully saturated rings. The molecule has 2 heterocycles. The first kappa shape index (κ1) is 17.0. The normalized spacial score (nSPS) is 15.5. The summed E-state index contributed by atoms with van der Waals surface area (Å²) < 4.78 is 27.9. The van der Waals surface area contributed by atoms with Crippen molar-refractivity contribution in [3.05, 3.63) is 17.5 Å². The summed E-state index contributed by atoms with van der Waals surface area (Å²) in [4.78, 5) is 13.9. The van der Waals surface area contributed by atoms with E-state index < -0.39 is 15.3 Å². The van der Waals surface area contributed by atoms with Crippen molar-refractivity contribution in [2.24, 2.45) is 5.92 Å². The second-order valence-electron chi connectivity index (χ2n) is 6.18. The number of carbonyl (C=O) groups excluding carboxylic acids is 1.